The highest BCUT2D eigenvalue weighted by Gasteiger charge is 2.06. The molecule has 0 radical (unpaired) electrons. The van der Waals surface area contributed by atoms with E-state index in [1.807, 2.05) is 38.4 Å². The van der Waals surface area contributed by atoms with Crippen LogP contribution in [0.25, 0.3) is 0 Å². The third-order valence-electron chi connectivity index (χ3n) is 2.79. The van der Waals surface area contributed by atoms with Crippen LogP contribution in [-0.2, 0) is 6.54 Å². The zero-order chi connectivity index (χ0) is 14.5. The molecular formula is C16H17NO2S. The molecule has 0 aliphatic rings. The van der Waals surface area contributed by atoms with Gasteiger partial charge in [-0.25, -0.2) is 4.79 Å². The van der Waals surface area contributed by atoms with Gasteiger partial charge in [-0.05, 0) is 50.0 Å². The Hall–Kier alpha value is -1.78. The van der Waals surface area contributed by atoms with Crippen molar-refractivity contribution >= 4 is 17.7 Å². The second kappa shape index (κ2) is 6.59. The molecule has 0 atom stereocenters. The molecule has 0 aliphatic carbocycles. The van der Waals surface area contributed by atoms with E-state index in [1.165, 1.54) is 10.5 Å². The Morgan fingerprint density at radius 2 is 1.75 bits per heavy atom. The van der Waals surface area contributed by atoms with Crippen molar-refractivity contribution < 1.29 is 9.90 Å². The number of nitrogens with zero attached hydrogens (tertiary/aromatic N) is 1. The Balaban J connectivity index is 2.19. The van der Waals surface area contributed by atoms with Gasteiger partial charge in [-0.2, -0.15) is 0 Å². The molecule has 0 fully saturated rings. The van der Waals surface area contributed by atoms with Gasteiger partial charge in [0.15, 0.2) is 0 Å². The first-order valence-electron chi connectivity index (χ1n) is 6.30. The Bertz CT molecular complexity index is 594. The summed E-state index contributed by atoms with van der Waals surface area (Å²) in [6.07, 6.45) is 0. The maximum Gasteiger partial charge on any atom is 0.335 e. The fraction of sp³-hybridized carbons (Fsp3) is 0.188. The minimum atomic E-state index is -0.894. The molecular weight excluding hydrogens is 270 g/mol. The first kappa shape index (κ1) is 14.6. The summed E-state index contributed by atoms with van der Waals surface area (Å²) in [5.41, 5.74) is 1.58. The van der Waals surface area contributed by atoms with Gasteiger partial charge in [0, 0.05) is 16.3 Å². The van der Waals surface area contributed by atoms with Crippen LogP contribution in [-0.4, -0.2) is 30.1 Å². The minimum Gasteiger partial charge on any atom is -0.478 e. The zero-order valence-electron chi connectivity index (χ0n) is 11.5. The molecule has 0 saturated heterocycles. The highest BCUT2D eigenvalue weighted by Crippen LogP contribution is 2.31. The Morgan fingerprint density at radius 3 is 2.35 bits per heavy atom. The standard InChI is InChI=1S/C16H17NO2S/c1-17(2)11-13-5-3-4-6-15(13)20-14-9-7-12(8-10-14)16(18)19/h3-10H,11H2,1-2H3,(H,18,19). The second-order valence-electron chi connectivity index (χ2n) is 4.78. The van der Waals surface area contributed by atoms with Crippen molar-refractivity contribution in [1.82, 2.24) is 4.90 Å². The molecule has 2 aromatic carbocycles. The number of aromatic carboxylic acids is 1. The van der Waals surface area contributed by atoms with Crippen LogP contribution in [0, 0.1) is 0 Å². The van der Waals surface area contributed by atoms with E-state index in [4.69, 9.17) is 5.11 Å². The molecule has 20 heavy (non-hydrogen) atoms. The lowest BCUT2D eigenvalue weighted by atomic mass is 10.2. The van der Waals surface area contributed by atoms with E-state index in [0.717, 1.165) is 11.4 Å². The summed E-state index contributed by atoms with van der Waals surface area (Å²) >= 11 is 1.66. The molecule has 0 heterocycles. The van der Waals surface area contributed by atoms with Gasteiger partial charge in [0.25, 0.3) is 0 Å². The van der Waals surface area contributed by atoms with Crippen molar-refractivity contribution in [3.63, 3.8) is 0 Å². The topological polar surface area (TPSA) is 40.5 Å². The van der Waals surface area contributed by atoms with Crippen LogP contribution in [0.3, 0.4) is 0 Å². The van der Waals surface area contributed by atoms with Gasteiger partial charge >= 0.3 is 5.97 Å². The van der Waals surface area contributed by atoms with Crippen LogP contribution in [0.1, 0.15) is 15.9 Å². The average Bonchev–Trinajstić information content (AvgIpc) is 2.41. The molecule has 0 aliphatic heterocycles. The van der Waals surface area contributed by atoms with Gasteiger partial charge in [-0.1, -0.05) is 30.0 Å². The van der Waals surface area contributed by atoms with E-state index in [0.29, 0.717) is 5.56 Å². The number of carboxylic acid groups (broad SMARTS) is 1. The third kappa shape index (κ3) is 3.85. The highest BCUT2D eigenvalue weighted by atomic mass is 32.2. The molecule has 0 amide bonds. The van der Waals surface area contributed by atoms with Gasteiger partial charge in [0.2, 0.25) is 0 Å². The molecule has 2 rings (SSSR count). The molecule has 0 spiro atoms. The molecule has 0 bridgehead atoms. The van der Waals surface area contributed by atoms with Crippen LogP contribution in [0.15, 0.2) is 58.3 Å². The zero-order valence-corrected chi connectivity index (χ0v) is 12.4. The highest BCUT2D eigenvalue weighted by molar-refractivity contribution is 7.99. The molecule has 0 saturated carbocycles. The van der Waals surface area contributed by atoms with Gasteiger partial charge in [-0.15, -0.1) is 0 Å². The smallest absolute Gasteiger partial charge is 0.335 e. The fourth-order valence-electron chi connectivity index (χ4n) is 1.87. The second-order valence-corrected chi connectivity index (χ2v) is 5.89. The SMILES string of the molecule is CN(C)Cc1ccccc1Sc1ccc(C(=O)O)cc1. The van der Waals surface area contributed by atoms with Gasteiger partial charge in [-0.3, -0.25) is 0 Å². The van der Waals surface area contributed by atoms with E-state index in [2.05, 4.69) is 17.0 Å². The number of benzene rings is 2. The first-order chi connectivity index (χ1) is 9.56. The number of rotatable bonds is 5. The van der Waals surface area contributed by atoms with E-state index in [-0.39, 0.29) is 0 Å². The predicted octanol–water partition coefficient (Wildman–Crippen LogP) is 3.60. The Morgan fingerprint density at radius 1 is 1.10 bits per heavy atom. The summed E-state index contributed by atoms with van der Waals surface area (Å²) in [5, 5.41) is 8.90. The fourth-order valence-corrected chi connectivity index (χ4v) is 2.80. The van der Waals surface area contributed by atoms with E-state index >= 15 is 0 Å². The summed E-state index contributed by atoms with van der Waals surface area (Å²) in [4.78, 5) is 15.2. The molecule has 0 aromatic heterocycles. The van der Waals surface area contributed by atoms with E-state index < -0.39 is 5.97 Å². The maximum absolute atomic E-state index is 10.8. The Kier molecular flexibility index (Phi) is 4.82. The monoisotopic (exact) mass is 287 g/mol. The van der Waals surface area contributed by atoms with Crippen molar-refractivity contribution in [2.24, 2.45) is 0 Å². The lowest BCUT2D eigenvalue weighted by Crippen LogP contribution is -2.11. The summed E-state index contributed by atoms with van der Waals surface area (Å²) in [5.74, 6) is -0.894. The van der Waals surface area contributed by atoms with E-state index in [1.54, 1.807) is 23.9 Å². The third-order valence-corrected chi connectivity index (χ3v) is 3.91. The lowest BCUT2D eigenvalue weighted by molar-refractivity contribution is 0.0697. The minimum absolute atomic E-state index is 0.316. The van der Waals surface area contributed by atoms with Crippen LogP contribution < -0.4 is 0 Å². The van der Waals surface area contributed by atoms with Gasteiger partial charge in [0.1, 0.15) is 0 Å². The molecule has 4 heteroatoms. The van der Waals surface area contributed by atoms with Crippen LogP contribution in [0.4, 0.5) is 0 Å². The number of hydrogen-bond donors (Lipinski definition) is 1. The molecule has 2 aromatic rings. The number of hydrogen-bond acceptors (Lipinski definition) is 3. The number of carbonyl (C=O) groups is 1. The van der Waals surface area contributed by atoms with Crippen molar-refractivity contribution in [2.75, 3.05) is 14.1 Å². The first-order valence-corrected chi connectivity index (χ1v) is 7.12. The molecule has 104 valence electrons. The summed E-state index contributed by atoms with van der Waals surface area (Å²) in [6, 6.07) is 15.2. The maximum atomic E-state index is 10.8. The predicted molar refractivity (Wildman–Crippen MR) is 81.4 cm³/mol. The average molecular weight is 287 g/mol. The summed E-state index contributed by atoms with van der Waals surface area (Å²) < 4.78 is 0. The van der Waals surface area contributed by atoms with Crippen molar-refractivity contribution in [2.45, 2.75) is 16.3 Å². The summed E-state index contributed by atoms with van der Waals surface area (Å²) in [6.45, 7) is 0.885. The van der Waals surface area contributed by atoms with Crippen molar-refractivity contribution in [1.29, 1.82) is 0 Å². The quantitative estimate of drug-likeness (QED) is 0.912. The summed E-state index contributed by atoms with van der Waals surface area (Å²) in [7, 11) is 4.09. The van der Waals surface area contributed by atoms with Crippen LogP contribution in [0.5, 0.6) is 0 Å². The molecule has 1 N–H and O–H groups in total. The number of carboxylic acids is 1. The molecule has 3 nitrogen and oxygen atoms in total. The van der Waals surface area contributed by atoms with Crippen molar-refractivity contribution in [3.05, 3.63) is 59.7 Å². The van der Waals surface area contributed by atoms with E-state index in [9.17, 15) is 4.79 Å². The van der Waals surface area contributed by atoms with Crippen LogP contribution >= 0.6 is 11.8 Å². The van der Waals surface area contributed by atoms with Gasteiger partial charge < -0.3 is 10.0 Å². The largest absolute Gasteiger partial charge is 0.478 e. The van der Waals surface area contributed by atoms with Crippen LogP contribution in [0.2, 0.25) is 0 Å². The lowest BCUT2D eigenvalue weighted by Gasteiger charge is -2.13. The van der Waals surface area contributed by atoms with Gasteiger partial charge in [0.05, 0.1) is 5.56 Å². The molecule has 0 unspecified atom stereocenters. The van der Waals surface area contributed by atoms with Crippen molar-refractivity contribution in [3.8, 4) is 0 Å². The normalized spacial score (nSPS) is 10.8. The Labute approximate surface area is 123 Å².